The Morgan fingerprint density at radius 1 is 1.64 bits per heavy atom. The van der Waals surface area contributed by atoms with Crippen LogP contribution in [0.4, 0.5) is 5.69 Å². The zero-order valence-electron chi connectivity index (χ0n) is 12.6. The Labute approximate surface area is 135 Å². The van der Waals surface area contributed by atoms with Crippen molar-refractivity contribution >= 4 is 23.2 Å². The van der Waals surface area contributed by atoms with Gasteiger partial charge in [0.2, 0.25) is 5.91 Å². The van der Waals surface area contributed by atoms with Crippen LogP contribution < -0.4 is 5.32 Å². The molecule has 0 saturated carbocycles. The summed E-state index contributed by atoms with van der Waals surface area (Å²) in [6.45, 7) is 2.88. The molecule has 1 aliphatic heterocycles. The highest BCUT2D eigenvalue weighted by Gasteiger charge is 2.27. The molecule has 22 heavy (non-hydrogen) atoms. The van der Waals surface area contributed by atoms with Crippen LogP contribution in [0.1, 0.15) is 31.7 Å². The van der Waals surface area contributed by atoms with Gasteiger partial charge in [0.25, 0.3) is 0 Å². The van der Waals surface area contributed by atoms with Crippen molar-refractivity contribution in [3.05, 3.63) is 28.8 Å². The number of hydrogen-bond donors (Lipinski definition) is 2. The number of aliphatic hydroxyl groups is 1. The number of hydrogen-bond acceptors (Lipinski definition) is 4. The van der Waals surface area contributed by atoms with Crippen LogP contribution in [0.15, 0.2) is 18.2 Å². The summed E-state index contributed by atoms with van der Waals surface area (Å²) in [5.74, 6) is -0.170. The molecule has 1 fully saturated rings. The molecule has 1 amide bonds. The van der Waals surface area contributed by atoms with E-state index in [1.165, 1.54) is 0 Å². The van der Waals surface area contributed by atoms with Crippen LogP contribution in [0.5, 0.6) is 0 Å². The Hall–Kier alpha value is -1.61. The van der Waals surface area contributed by atoms with Gasteiger partial charge in [-0.2, -0.15) is 5.26 Å². The van der Waals surface area contributed by atoms with Gasteiger partial charge in [0.05, 0.1) is 23.9 Å². The molecule has 6 heteroatoms. The third kappa shape index (κ3) is 4.44. The lowest BCUT2D eigenvalue weighted by molar-refractivity contribution is -0.117. The van der Waals surface area contributed by atoms with Crippen LogP contribution in [0.2, 0.25) is 5.02 Å². The summed E-state index contributed by atoms with van der Waals surface area (Å²) in [6, 6.07) is 7.06. The van der Waals surface area contributed by atoms with Crippen molar-refractivity contribution in [1.82, 2.24) is 4.90 Å². The van der Waals surface area contributed by atoms with E-state index in [4.69, 9.17) is 16.9 Å². The van der Waals surface area contributed by atoms with Gasteiger partial charge in [-0.1, -0.05) is 11.6 Å². The first kappa shape index (κ1) is 16.8. The Balaban J connectivity index is 1.98. The highest BCUT2D eigenvalue weighted by Crippen LogP contribution is 2.23. The van der Waals surface area contributed by atoms with Crippen molar-refractivity contribution in [3.8, 4) is 6.07 Å². The Kier molecular flexibility index (Phi) is 5.78. The first-order valence-corrected chi connectivity index (χ1v) is 7.79. The maximum absolute atomic E-state index is 12.2. The monoisotopic (exact) mass is 321 g/mol. The van der Waals surface area contributed by atoms with Gasteiger partial charge < -0.3 is 10.4 Å². The number of carbonyl (C=O) groups excluding carboxylic acids is 1. The van der Waals surface area contributed by atoms with E-state index < -0.39 is 0 Å². The molecule has 0 spiro atoms. The summed E-state index contributed by atoms with van der Waals surface area (Å²) in [5.41, 5.74) is 0.825. The van der Waals surface area contributed by atoms with Crippen molar-refractivity contribution < 1.29 is 9.90 Å². The maximum atomic E-state index is 12.2. The highest BCUT2D eigenvalue weighted by molar-refractivity contribution is 6.31. The minimum atomic E-state index is -0.369. The summed E-state index contributed by atoms with van der Waals surface area (Å²) in [7, 11) is 0. The second-order valence-electron chi connectivity index (χ2n) is 5.70. The summed E-state index contributed by atoms with van der Waals surface area (Å²) >= 11 is 5.91. The standard InChI is InChI=1S/C16H20ClN3O2/c1-11(21)7-14-3-2-6-20(14)10-16(22)19-15-8-13(17)5-4-12(15)9-18/h4-5,8,11,14,21H,2-3,6-7,10H2,1H3,(H,19,22). The second kappa shape index (κ2) is 7.59. The lowest BCUT2D eigenvalue weighted by Gasteiger charge is -2.24. The molecule has 2 rings (SSSR count). The quantitative estimate of drug-likeness (QED) is 0.873. The minimum Gasteiger partial charge on any atom is -0.393 e. The van der Waals surface area contributed by atoms with E-state index in [1.807, 2.05) is 6.07 Å². The van der Waals surface area contributed by atoms with Gasteiger partial charge in [-0.3, -0.25) is 9.69 Å². The predicted octanol–water partition coefficient (Wildman–Crippen LogP) is 2.39. The number of likely N-dealkylation sites (tertiary alicyclic amines) is 1. The van der Waals surface area contributed by atoms with Crippen LogP contribution in [-0.2, 0) is 4.79 Å². The molecule has 2 N–H and O–H groups in total. The Morgan fingerprint density at radius 2 is 2.41 bits per heavy atom. The fourth-order valence-electron chi connectivity index (χ4n) is 2.86. The van der Waals surface area contributed by atoms with Gasteiger partial charge in [0, 0.05) is 11.1 Å². The fraction of sp³-hybridized carbons (Fsp3) is 0.500. The van der Waals surface area contributed by atoms with E-state index >= 15 is 0 Å². The molecule has 0 aliphatic carbocycles. The molecule has 1 aromatic rings. The zero-order valence-corrected chi connectivity index (χ0v) is 13.3. The molecule has 0 bridgehead atoms. The predicted molar refractivity (Wildman–Crippen MR) is 85.7 cm³/mol. The van der Waals surface area contributed by atoms with E-state index in [0.717, 1.165) is 19.4 Å². The number of benzene rings is 1. The normalized spacial score (nSPS) is 19.6. The number of nitrogens with one attached hydrogen (secondary N) is 1. The number of aliphatic hydroxyl groups excluding tert-OH is 1. The van der Waals surface area contributed by atoms with Gasteiger partial charge in [-0.15, -0.1) is 0 Å². The zero-order chi connectivity index (χ0) is 16.1. The molecule has 5 nitrogen and oxygen atoms in total. The number of amides is 1. The fourth-order valence-corrected chi connectivity index (χ4v) is 3.03. The SMILES string of the molecule is CC(O)CC1CCCN1CC(=O)Nc1cc(Cl)ccc1C#N. The van der Waals surface area contributed by atoms with Crippen molar-refractivity contribution in [2.24, 2.45) is 0 Å². The van der Waals surface area contributed by atoms with E-state index in [2.05, 4.69) is 10.2 Å². The summed E-state index contributed by atoms with van der Waals surface area (Å²) in [5, 5.41) is 21.8. The number of anilines is 1. The summed E-state index contributed by atoms with van der Waals surface area (Å²) < 4.78 is 0. The van der Waals surface area contributed by atoms with Gasteiger partial charge in [-0.05, 0) is 50.9 Å². The number of nitrogens with zero attached hydrogens (tertiary/aromatic N) is 2. The second-order valence-corrected chi connectivity index (χ2v) is 6.14. The lowest BCUT2D eigenvalue weighted by atomic mass is 10.1. The number of halogens is 1. The molecule has 0 radical (unpaired) electrons. The first-order valence-electron chi connectivity index (χ1n) is 7.41. The molecule has 0 aromatic heterocycles. The molecule has 2 atom stereocenters. The average molecular weight is 322 g/mol. The van der Waals surface area contributed by atoms with Crippen molar-refractivity contribution in [2.75, 3.05) is 18.4 Å². The van der Waals surface area contributed by atoms with Crippen molar-refractivity contribution in [1.29, 1.82) is 5.26 Å². The Morgan fingerprint density at radius 3 is 3.09 bits per heavy atom. The van der Waals surface area contributed by atoms with Crippen LogP contribution in [-0.4, -0.2) is 41.1 Å². The number of rotatable bonds is 5. The first-order chi connectivity index (χ1) is 10.5. The summed E-state index contributed by atoms with van der Waals surface area (Å²) in [6.07, 6.45) is 2.34. The topological polar surface area (TPSA) is 76.4 Å². The van der Waals surface area contributed by atoms with Gasteiger partial charge >= 0.3 is 0 Å². The maximum Gasteiger partial charge on any atom is 0.238 e. The van der Waals surface area contributed by atoms with Crippen molar-refractivity contribution in [3.63, 3.8) is 0 Å². The lowest BCUT2D eigenvalue weighted by Crippen LogP contribution is -2.38. The molecule has 1 aliphatic rings. The van der Waals surface area contributed by atoms with Gasteiger partial charge in [-0.25, -0.2) is 0 Å². The molecule has 1 aromatic carbocycles. The molecule has 2 unspecified atom stereocenters. The number of carbonyl (C=O) groups is 1. The highest BCUT2D eigenvalue weighted by atomic mass is 35.5. The van der Waals surface area contributed by atoms with Crippen LogP contribution in [0.25, 0.3) is 0 Å². The third-order valence-electron chi connectivity index (χ3n) is 3.84. The summed E-state index contributed by atoms with van der Waals surface area (Å²) in [4.78, 5) is 14.3. The van der Waals surface area contributed by atoms with E-state index in [1.54, 1.807) is 25.1 Å². The van der Waals surface area contributed by atoms with Crippen LogP contribution >= 0.6 is 11.6 Å². The van der Waals surface area contributed by atoms with Gasteiger partial charge in [0.15, 0.2) is 0 Å². The average Bonchev–Trinajstić information content (AvgIpc) is 2.85. The molecular weight excluding hydrogens is 302 g/mol. The van der Waals surface area contributed by atoms with E-state index in [-0.39, 0.29) is 24.6 Å². The minimum absolute atomic E-state index is 0.170. The third-order valence-corrected chi connectivity index (χ3v) is 4.07. The van der Waals surface area contributed by atoms with Gasteiger partial charge in [0.1, 0.15) is 6.07 Å². The molecule has 118 valence electrons. The smallest absolute Gasteiger partial charge is 0.238 e. The largest absolute Gasteiger partial charge is 0.393 e. The molecule has 1 heterocycles. The Bertz CT molecular complexity index is 583. The van der Waals surface area contributed by atoms with Crippen molar-refractivity contribution in [2.45, 2.75) is 38.3 Å². The van der Waals surface area contributed by atoms with Crippen LogP contribution in [0.3, 0.4) is 0 Å². The van der Waals surface area contributed by atoms with E-state index in [0.29, 0.717) is 22.7 Å². The molecular formula is C16H20ClN3O2. The van der Waals surface area contributed by atoms with Crippen LogP contribution in [0, 0.1) is 11.3 Å². The number of nitriles is 1. The van der Waals surface area contributed by atoms with E-state index in [9.17, 15) is 9.90 Å². The molecule has 1 saturated heterocycles.